The largest absolute Gasteiger partial charge is 0.508 e. The molecule has 1 unspecified atom stereocenters. The Balaban J connectivity index is 1.41. The summed E-state index contributed by atoms with van der Waals surface area (Å²) in [6, 6.07) is 23.9. The van der Waals surface area contributed by atoms with E-state index in [4.69, 9.17) is 23.2 Å². The molecule has 0 bridgehead atoms. The van der Waals surface area contributed by atoms with Crippen LogP contribution in [0.2, 0.25) is 10.0 Å². The molecule has 198 valence electrons. The van der Waals surface area contributed by atoms with Crippen molar-refractivity contribution in [2.24, 2.45) is 0 Å². The van der Waals surface area contributed by atoms with Crippen molar-refractivity contribution in [3.8, 4) is 5.75 Å². The molecule has 0 aliphatic rings. The number of anilines is 1. The molecule has 5 rings (SSSR count). The molecular weight excluding hydrogens is 559 g/mol. The van der Waals surface area contributed by atoms with Crippen LogP contribution in [0.15, 0.2) is 95.9 Å². The second-order valence-electron chi connectivity index (χ2n) is 8.80. The fourth-order valence-electron chi connectivity index (χ4n) is 4.08. The number of fused-ring (bicyclic) bond motifs is 1. The number of hydrogen-bond donors (Lipinski definition) is 4. The Bertz CT molecular complexity index is 1740. The van der Waals surface area contributed by atoms with Gasteiger partial charge in [0.05, 0.1) is 22.1 Å². The van der Waals surface area contributed by atoms with Crippen LogP contribution in [-0.4, -0.2) is 29.4 Å². The van der Waals surface area contributed by atoms with Gasteiger partial charge in [-0.1, -0.05) is 53.5 Å². The monoisotopic (exact) mass is 580 g/mol. The van der Waals surface area contributed by atoms with Crippen LogP contribution in [-0.2, 0) is 16.4 Å². The number of halogens is 2. The van der Waals surface area contributed by atoms with Crippen molar-refractivity contribution in [2.45, 2.75) is 17.4 Å². The Morgan fingerprint density at radius 2 is 1.72 bits per heavy atom. The summed E-state index contributed by atoms with van der Waals surface area (Å²) in [5.74, 6) is 0.271. The second kappa shape index (κ2) is 11.0. The van der Waals surface area contributed by atoms with Gasteiger partial charge in [0.1, 0.15) is 16.5 Å². The van der Waals surface area contributed by atoms with Crippen molar-refractivity contribution in [2.75, 3.05) is 4.72 Å². The van der Waals surface area contributed by atoms with E-state index in [0.29, 0.717) is 12.2 Å². The van der Waals surface area contributed by atoms with Crippen molar-refractivity contribution in [1.82, 2.24) is 15.3 Å². The normalized spacial score (nSPS) is 12.3. The zero-order valence-electron chi connectivity index (χ0n) is 20.2. The lowest BCUT2D eigenvalue weighted by Crippen LogP contribution is -2.30. The third-order valence-electron chi connectivity index (χ3n) is 5.98. The molecule has 11 heteroatoms. The number of phenols is 1. The van der Waals surface area contributed by atoms with E-state index < -0.39 is 22.0 Å². The minimum atomic E-state index is -4.07. The number of phenolic OH excluding ortho intramolecular Hbond substituents is 1. The molecule has 1 heterocycles. The van der Waals surface area contributed by atoms with Crippen molar-refractivity contribution in [3.05, 3.63) is 118 Å². The fourth-order valence-corrected chi connectivity index (χ4v) is 5.89. The number of carbonyl (C=O) groups excluding carboxylic acids is 1. The van der Waals surface area contributed by atoms with Gasteiger partial charge in [-0.05, 0) is 72.6 Å². The van der Waals surface area contributed by atoms with Crippen molar-refractivity contribution < 1.29 is 18.3 Å². The third-order valence-corrected chi connectivity index (χ3v) is 8.08. The van der Waals surface area contributed by atoms with E-state index in [9.17, 15) is 18.3 Å². The smallest absolute Gasteiger partial charge is 0.263 e. The molecule has 1 atom stereocenters. The number of aromatic nitrogens is 2. The number of carbonyl (C=O) groups is 1. The van der Waals surface area contributed by atoms with Crippen LogP contribution in [0.3, 0.4) is 0 Å². The average Bonchev–Trinajstić information content (AvgIpc) is 3.35. The standard InChI is InChI=1S/C28H22Cl2N4O4S/c29-19-10-13-22(30)26(16-19)39(37,38)34-20-5-3-4-18(15-20)28(36)33-25(14-17-8-11-21(35)12-9-17)27-31-23-6-1-2-7-24(23)32-27/h1-13,15-16,25,34-35H,14H2,(H,31,32)(H,33,36). The highest BCUT2D eigenvalue weighted by Gasteiger charge is 2.22. The lowest BCUT2D eigenvalue weighted by molar-refractivity contribution is 0.0935. The summed E-state index contributed by atoms with van der Waals surface area (Å²) >= 11 is 12.0. The van der Waals surface area contributed by atoms with Crippen LogP contribution in [0.4, 0.5) is 5.69 Å². The molecule has 0 aliphatic carbocycles. The minimum absolute atomic E-state index is 0.0173. The van der Waals surface area contributed by atoms with Gasteiger partial charge >= 0.3 is 0 Å². The van der Waals surface area contributed by atoms with Crippen LogP contribution in [0.1, 0.15) is 27.8 Å². The molecule has 1 amide bonds. The quantitative estimate of drug-likeness (QED) is 0.177. The van der Waals surface area contributed by atoms with Gasteiger partial charge < -0.3 is 15.4 Å². The van der Waals surface area contributed by atoms with Gasteiger partial charge in [-0.3, -0.25) is 9.52 Å². The molecular formula is C28H22Cl2N4O4S. The number of para-hydroxylation sites is 2. The first kappa shape index (κ1) is 26.6. The number of H-pyrrole nitrogens is 1. The molecule has 5 aromatic rings. The number of nitrogens with zero attached hydrogens (tertiary/aromatic N) is 1. The molecule has 0 saturated carbocycles. The lowest BCUT2D eigenvalue weighted by atomic mass is 10.0. The van der Waals surface area contributed by atoms with E-state index >= 15 is 0 Å². The molecule has 39 heavy (non-hydrogen) atoms. The number of imidazole rings is 1. The van der Waals surface area contributed by atoms with Crippen LogP contribution >= 0.6 is 23.2 Å². The Kier molecular flexibility index (Phi) is 7.47. The highest BCUT2D eigenvalue weighted by Crippen LogP contribution is 2.27. The summed E-state index contributed by atoms with van der Waals surface area (Å²) in [7, 11) is -4.07. The van der Waals surface area contributed by atoms with Crippen molar-refractivity contribution in [1.29, 1.82) is 0 Å². The van der Waals surface area contributed by atoms with E-state index in [2.05, 4.69) is 20.0 Å². The van der Waals surface area contributed by atoms with Gasteiger partial charge in [0, 0.05) is 16.3 Å². The van der Waals surface area contributed by atoms with E-state index in [1.165, 1.54) is 30.3 Å². The number of rotatable bonds is 8. The van der Waals surface area contributed by atoms with E-state index in [1.807, 2.05) is 24.3 Å². The molecule has 1 aromatic heterocycles. The predicted molar refractivity (Wildman–Crippen MR) is 152 cm³/mol. The maximum atomic E-state index is 13.4. The Labute approximate surface area is 234 Å². The summed E-state index contributed by atoms with van der Waals surface area (Å²) in [5.41, 5.74) is 2.87. The van der Waals surface area contributed by atoms with Gasteiger partial charge in [0.25, 0.3) is 15.9 Å². The number of benzene rings is 4. The van der Waals surface area contributed by atoms with Crippen LogP contribution in [0.25, 0.3) is 11.0 Å². The fraction of sp³-hybridized carbons (Fsp3) is 0.0714. The number of nitrogens with one attached hydrogen (secondary N) is 3. The minimum Gasteiger partial charge on any atom is -0.508 e. The summed E-state index contributed by atoms with van der Waals surface area (Å²) in [6.07, 6.45) is 0.394. The van der Waals surface area contributed by atoms with Gasteiger partial charge in [-0.25, -0.2) is 13.4 Å². The first-order valence-corrected chi connectivity index (χ1v) is 14.0. The highest BCUT2D eigenvalue weighted by atomic mass is 35.5. The maximum absolute atomic E-state index is 13.4. The van der Waals surface area contributed by atoms with Crippen molar-refractivity contribution in [3.63, 3.8) is 0 Å². The van der Waals surface area contributed by atoms with Gasteiger partial charge in [-0.2, -0.15) is 0 Å². The number of aromatic hydroxyl groups is 1. The molecule has 4 aromatic carbocycles. The summed E-state index contributed by atoms with van der Waals surface area (Å²) < 4.78 is 28.3. The number of amides is 1. The van der Waals surface area contributed by atoms with Gasteiger partial charge in [-0.15, -0.1) is 0 Å². The van der Waals surface area contributed by atoms with Crippen LogP contribution in [0, 0.1) is 0 Å². The van der Waals surface area contributed by atoms with Crippen LogP contribution < -0.4 is 10.0 Å². The molecule has 8 nitrogen and oxygen atoms in total. The third kappa shape index (κ3) is 6.17. The summed E-state index contributed by atoms with van der Waals surface area (Å²) in [4.78, 5) is 21.1. The Morgan fingerprint density at radius 3 is 2.49 bits per heavy atom. The Morgan fingerprint density at radius 1 is 0.949 bits per heavy atom. The predicted octanol–water partition coefficient (Wildman–Crippen LogP) is 6.09. The average molecular weight is 581 g/mol. The van der Waals surface area contributed by atoms with E-state index in [1.54, 1.807) is 36.4 Å². The Hall–Kier alpha value is -4.05. The van der Waals surface area contributed by atoms with Gasteiger partial charge in [0.15, 0.2) is 0 Å². The number of sulfonamides is 1. The highest BCUT2D eigenvalue weighted by molar-refractivity contribution is 7.92. The number of hydrogen-bond acceptors (Lipinski definition) is 5. The maximum Gasteiger partial charge on any atom is 0.263 e. The first-order chi connectivity index (χ1) is 18.7. The van der Waals surface area contributed by atoms with Crippen molar-refractivity contribution >= 4 is 55.9 Å². The molecule has 0 saturated heterocycles. The zero-order valence-corrected chi connectivity index (χ0v) is 22.6. The number of aromatic amines is 1. The van der Waals surface area contributed by atoms with Gasteiger partial charge in [0.2, 0.25) is 0 Å². The molecule has 0 spiro atoms. The second-order valence-corrected chi connectivity index (χ2v) is 11.3. The SMILES string of the molecule is O=C(NC(Cc1ccc(O)cc1)c1nc2ccccc2[nH]1)c1cccc(NS(=O)(=O)c2cc(Cl)ccc2Cl)c1. The molecule has 0 fully saturated rings. The van der Waals surface area contributed by atoms with E-state index in [0.717, 1.165) is 16.6 Å². The van der Waals surface area contributed by atoms with Crippen LogP contribution in [0.5, 0.6) is 5.75 Å². The zero-order chi connectivity index (χ0) is 27.6. The lowest BCUT2D eigenvalue weighted by Gasteiger charge is -2.18. The first-order valence-electron chi connectivity index (χ1n) is 11.8. The topological polar surface area (TPSA) is 124 Å². The van der Waals surface area contributed by atoms with E-state index in [-0.39, 0.29) is 31.9 Å². The molecule has 0 radical (unpaired) electrons. The summed E-state index contributed by atoms with van der Waals surface area (Å²) in [6.45, 7) is 0. The molecule has 4 N–H and O–H groups in total. The molecule has 0 aliphatic heterocycles. The summed E-state index contributed by atoms with van der Waals surface area (Å²) in [5, 5.41) is 12.9.